The maximum Gasteiger partial charge on any atom is 0.415 e. The quantitative estimate of drug-likeness (QED) is 0.389. The van der Waals surface area contributed by atoms with Gasteiger partial charge in [-0.25, -0.2) is 4.79 Å². The second kappa shape index (κ2) is 11.0. The maximum absolute atomic E-state index is 13.2. The van der Waals surface area contributed by atoms with E-state index in [9.17, 15) is 9.59 Å². The van der Waals surface area contributed by atoms with Crippen LogP contribution >= 0.6 is 0 Å². The Morgan fingerprint density at radius 3 is 2.09 bits per heavy atom. The van der Waals surface area contributed by atoms with Crippen LogP contribution in [0.1, 0.15) is 30.5 Å². The van der Waals surface area contributed by atoms with Gasteiger partial charge in [0, 0.05) is 12.6 Å². The molecule has 1 aliphatic heterocycles. The van der Waals surface area contributed by atoms with Crippen molar-refractivity contribution >= 4 is 17.7 Å². The van der Waals surface area contributed by atoms with Gasteiger partial charge >= 0.3 is 12.1 Å². The minimum absolute atomic E-state index is 0.421. The van der Waals surface area contributed by atoms with E-state index in [1.807, 2.05) is 66.7 Å². The van der Waals surface area contributed by atoms with Gasteiger partial charge in [-0.05, 0) is 60.4 Å². The van der Waals surface area contributed by atoms with E-state index in [2.05, 4.69) is 0 Å². The van der Waals surface area contributed by atoms with Gasteiger partial charge in [0.15, 0.2) is 6.10 Å². The monoisotopic (exact) mass is 475 g/mol. The molecule has 3 aromatic carbocycles. The summed E-state index contributed by atoms with van der Waals surface area (Å²) in [4.78, 5) is 26.9. The number of rotatable bonds is 9. The first-order valence-electron chi connectivity index (χ1n) is 11.5. The van der Waals surface area contributed by atoms with Gasteiger partial charge in [0.05, 0.1) is 14.2 Å². The molecule has 0 spiro atoms. The van der Waals surface area contributed by atoms with Gasteiger partial charge in [-0.15, -0.1) is 0 Å². The highest BCUT2D eigenvalue weighted by molar-refractivity contribution is 5.91. The lowest BCUT2D eigenvalue weighted by molar-refractivity contribution is -0.152. The smallest absolute Gasteiger partial charge is 0.415 e. The van der Waals surface area contributed by atoms with Crippen LogP contribution in [0.25, 0.3) is 0 Å². The molecule has 1 fully saturated rings. The number of nitrogens with zero attached hydrogens (tertiary/aromatic N) is 1. The Morgan fingerprint density at radius 1 is 0.914 bits per heavy atom. The Balaban J connectivity index is 1.70. The minimum atomic E-state index is -0.703. The third-order valence-corrected chi connectivity index (χ3v) is 6.07. The predicted octanol–water partition coefficient (Wildman–Crippen LogP) is 5.33. The summed E-state index contributed by atoms with van der Waals surface area (Å²) in [5, 5.41) is 0. The van der Waals surface area contributed by atoms with Gasteiger partial charge in [-0.1, -0.05) is 42.5 Å². The highest BCUT2D eigenvalue weighted by Crippen LogP contribution is 2.41. The lowest BCUT2D eigenvalue weighted by Gasteiger charge is -2.29. The maximum atomic E-state index is 13.2. The van der Waals surface area contributed by atoms with Crippen LogP contribution < -0.4 is 14.4 Å². The van der Waals surface area contributed by atoms with Crippen molar-refractivity contribution < 1.29 is 28.5 Å². The van der Waals surface area contributed by atoms with Crippen molar-refractivity contribution in [1.82, 2.24) is 0 Å². The zero-order valence-electron chi connectivity index (χ0n) is 20.0. The Bertz CT molecular complexity index is 1130. The summed E-state index contributed by atoms with van der Waals surface area (Å²) in [6.07, 6.45) is -0.662. The number of hydrogen-bond acceptors (Lipinski definition) is 6. The molecule has 0 aliphatic carbocycles. The highest BCUT2D eigenvalue weighted by atomic mass is 16.6. The summed E-state index contributed by atoms with van der Waals surface area (Å²) in [7, 11) is 3.19. The normalized spacial score (nSPS) is 18.0. The molecule has 182 valence electrons. The van der Waals surface area contributed by atoms with Crippen LogP contribution in [0.3, 0.4) is 0 Å². The molecule has 3 aromatic rings. The number of anilines is 1. The first kappa shape index (κ1) is 24.1. The summed E-state index contributed by atoms with van der Waals surface area (Å²) in [6, 6.07) is 24.1. The van der Waals surface area contributed by atoms with E-state index in [1.165, 1.54) is 6.92 Å². The fourth-order valence-electron chi connectivity index (χ4n) is 4.38. The Labute approximate surface area is 205 Å². The van der Waals surface area contributed by atoms with Crippen LogP contribution in [0, 0.1) is 0 Å². The fourth-order valence-corrected chi connectivity index (χ4v) is 4.38. The number of benzene rings is 3. The second-order valence-corrected chi connectivity index (χ2v) is 8.31. The van der Waals surface area contributed by atoms with Gasteiger partial charge in [0.1, 0.15) is 23.6 Å². The van der Waals surface area contributed by atoms with Crippen LogP contribution in [0.4, 0.5) is 10.5 Å². The molecule has 0 bridgehead atoms. The highest BCUT2D eigenvalue weighted by Gasteiger charge is 2.48. The number of cyclic esters (lactones) is 1. The fraction of sp³-hybridized carbons (Fsp3) is 0.286. The molecule has 2 unspecified atom stereocenters. The number of ether oxygens (including phenoxy) is 4. The molecule has 1 heterocycles. The molecule has 0 saturated carbocycles. The van der Waals surface area contributed by atoms with Crippen molar-refractivity contribution in [3.63, 3.8) is 0 Å². The summed E-state index contributed by atoms with van der Waals surface area (Å²) in [6.45, 7) is 1.37. The molecule has 7 nitrogen and oxygen atoms in total. The number of amides is 1. The van der Waals surface area contributed by atoms with Gasteiger partial charge in [0.25, 0.3) is 0 Å². The summed E-state index contributed by atoms with van der Waals surface area (Å²) < 4.78 is 22.2. The van der Waals surface area contributed by atoms with Crippen molar-refractivity contribution in [2.45, 2.75) is 38.0 Å². The molecule has 1 saturated heterocycles. The third-order valence-electron chi connectivity index (χ3n) is 6.07. The number of carbonyl (C=O) groups excluding carboxylic acids is 2. The number of carbonyl (C=O) groups is 2. The summed E-state index contributed by atoms with van der Waals surface area (Å²) >= 11 is 0. The van der Waals surface area contributed by atoms with Crippen molar-refractivity contribution in [2.75, 3.05) is 19.1 Å². The molecule has 4 rings (SSSR count). The number of esters is 1. The Morgan fingerprint density at radius 2 is 1.51 bits per heavy atom. The molecular weight excluding hydrogens is 446 g/mol. The number of aryl methyl sites for hydroxylation is 1. The van der Waals surface area contributed by atoms with E-state index in [0.29, 0.717) is 30.0 Å². The molecule has 3 atom stereocenters. The lowest BCUT2D eigenvalue weighted by atomic mass is 9.93. The zero-order chi connectivity index (χ0) is 24.8. The van der Waals surface area contributed by atoms with Crippen molar-refractivity contribution in [2.24, 2.45) is 0 Å². The zero-order valence-corrected chi connectivity index (χ0v) is 20.0. The summed E-state index contributed by atoms with van der Waals surface area (Å²) in [5.41, 5.74) is 2.61. The van der Waals surface area contributed by atoms with Gasteiger partial charge in [-0.3, -0.25) is 9.69 Å². The summed E-state index contributed by atoms with van der Waals surface area (Å²) in [5.74, 6) is 0.960. The van der Waals surface area contributed by atoms with Crippen LogP contribution in [-0.2, 0) is 20.7 Å². The predicted molar refractivity (Wildman–Crippen MR) is 132 cm³/mol. The van der Waals surface area contributed by atoms with Crippen molar-refractivity contribution in [1.29, 1.82) is 0 Å². The van der Waals surface area contributed by atoms with E-state index >= 15 is 0 Å². The van der Waals surface area contributed by atoms with Gasteiger partial charge in [-0.2, -0.15) is 0 Å². The topological polar surface area (TPSA) is 74.3 Å². The van der Waals surface area contributed by atoms with Crippen molar-refractivity contribution in [3.8, 4) is 11.5 Å². The van der Waals surface area contributed by atoms with E-state index in [-0.39, 0.29) is 0 Å². The lowest BCUT2D eigenvalue weighted by Crippen LogP contribution is -2.38. The van der Waals surface area contributed by atoms with E-state index < -0.39 is 30.3 Å². The molecule has 0 aromatic heterocycles. The molecule has 35 heavy (non-hydrogen) atoms. The SMILES string of the molecule is COc1ccc(C2C([C@H](CCc3ccccc3)OC(C)=O)OC(=O)N2c2ccc(OC)cc2)cc1. The number of methoxy groups -OCH3 is 2. The van der Waals surface area contributed by atoms with Gasteiger partial charge < -0.3 is 18.9 Å². The third kappa shape index (κ3) is 5.57. The Hall–Kier alpha value is -4.00. The minimum Gasteiger partial charge on any atom is -0.497 e. The average molecular weight is 476 g/mol. The van der Waals surface area contributed by atoms with Crippen LogP contribution in [-0.4, -0.2) is 38.5 Å². The first-order chi connectivity index (χ1) is 17.0. The molecular formula is C28H29NO6. The second-order valence-electron chi connectivity index (χ2n) is 8.31. The van der Waals surface area contributed by atoms with E-state index in [1.54, 1.807) is 31.3 Å². The van der Waals surface area contributed by atoms with E-state index in [0.717, 1.165) is 11.1 Å². The average Bonchev–Trinajstić information content (AvgIpc) is 3.23. The molecule has 7 heteroatoms. The Kier molecular flexibility index (Phi) is 7.55. The molecule has 0 N–H and O–H groups in total. The largest absolute Gasteiger partial charge is 0.497 e. The molecule has 1 amide bonds. The van der Waals surface area contributed by atoms with Crippen molar-refractivity contribution in [3.05, 3.63) is 90.0 Å². The standard InChI is InChI=1S/C28H29NO6/c1-19(30)34-25(18-9-20-7-5-4-6-8-20)27-26(21-10-14-23(32-2)15-11-21)29(28(31)35-27)22-12-16-24(33-3)17-13-22/h4-8,10-17,25-27H,9,18H2,1-3H3/t25-,26?,27?/m0/s1. The first-order valence-corrected chi connectivity index (χ1v) is 11.5. The van der Waals surface area contributed by atoms with Crippen LogP contribution in [0.5, 0.6) is 11.5 Å². The van der Waals surface area contributed by atoms with Gasteiger partial charge in [0.2, 0.25) is 0 Å². The van der Waals surface area contributed by atoms with Crippen LogP contribution in [0.2, 0.25) is 0 Å². The molecule has 0 radical (unpaired) electrons. The van der Waals surface area contributed by atoms with E-state index in [4.69, 9.17) is 18.9 Å². The van der Waals surface area contributed by atoms with Crippen LogP contribution in [0.15, 0.2) is 78.9 Å². The molecule has 1 aliphatic rings. The number of hydrogen-bond donors (Lipinski definition) is 0.